The molecule has 0 fully saturated rings. The molecule has 1 radical (unpaired) electrons. The summed E-state index contributed by atoms with van der Waals surface area (Å²) in [6.07, 6.45) is 1.33. The summed E-state index contributed by atoms with van der Waals surface area (Å²) in [7, 11) is -1.70. The van der Waals surface area contributed by atoms with Crippen molar-refractivity contribution in [3.05, 3.63) is 66.1 Å². The van der Waals surface area contributed by atoms with Gasteiger partial charge < -0.3 is 5.11 Å². The van der Waals surface area contributed by atoms with Gasteiger partial charge >= 0.3 is 7.80 Å². The van der Waals surface area contributed by atoms with Gasteiger partial charge in [0.2, 0.25) is 6.16 Å². The predicted octanol–water partition coefficient (Wildman–Crippen LogP) is 3.90. The van der Waals surface area contributed by atoms with Crippen LogP contribution in [-0.2, 0) is 35.6 Å². The summed E-state index contributed by atoms with van der Waals surface area (Å²) >= 11 is 0. The topological polar surface area (TPSA) is 67.3 Å². The van der Waals surface area contributed by atoms with Gasteiger partial charge in [-0.15, -0.1) is 35.9 Å². The summed E-state index contributed by atoms with van der Waals surface area (Å²) in [6.45, 7) is 1.34. The Bertz CT molecular complexity index is 717. The Morgan fingerprint density at radius 2 is 2.09 bits per heavy atom. The molecule has 1 heterocycles. The van der Waals surface area contributed by atoms with Crippen LogP contribution in [-0.4, -0.2) is 22.0 Å². The van der Waals surface area contributed by atoms with Gasteiger partial charge in [0.05, 0.1) is 5.69 Å². The van der Waals surface area contributed by atoms with E-state index in [9.17, 15) is 14.5 Å². The third-order valence-electron chi connectivity index (χ3n) is 2.84. The van der Waals surface area contributed by atoms with Crippen LogP contribution in [0.4, 0.5) is 0 Å². The van der Waals surface area contributed by atoms with Gasteiger partial charge in [-0.05, 0) is 18.7 Å². The summed E-state index contributed by atoms with van der Waals surface area (Å²) < 4.78 is 12.0. The van der Waals surface area contributed by atoms with Crippen molar-refractivity contribution in [2.75, 3.05) is 6.16 Å². The van der Waals surface area contributed by atoms with Crippen LogP contribution in [0, 0.1) is 6.07 Å². The van der Waals surface area contributed by atoms with Crippen molar-refractivity contribution in [2.45, 2.75) is 13.1 Å². The van der Waals surface area contributed by atoms with Gasteiger partial charge in [-0.2, -0.15) is 0 Å². The summed E-state index contributed by atoms with van der Waals surface area (Å²) in [5.74, 6) is -0.415. The van der Waals surface area contributed by atoms with Crippen LogP contribution in [0.25, 0.3) is 11.3 Å². The maximum absolute atomic E-state index is 12.0. The standard InChI is InChI=1S/C17H16NO3P.Ir/c1-13(19)10-16(20)12-22(21)11-15-8-5-9-17(18-15)14-6-3-2-4-7-14;/h2-6,8-10,20H,11-12H2,1H3;. The number of aliphatic hydroxyl groups is 1. The molecule has 0 aliphatic heterocycles. The Hall–Kier alpha value is -1.67. The van der Waals surface area contributed by atoms with Gasteiger partial charge in [0, 0.05) is 26.2 Å². The van der Waals surface area contributed by atoms with Crippen LogP contribution in [0.5, 0.6) is 0 Å². The Labute approximate surface area is 149 Å². The van der Waals surface area contributed by atoms with Crippen LogP contribution in [0.1, 0.15) is 12.6 Å². The van der Waals surface area contributed by atoms with Gasteiger partial charge in [-0.3, -0.25) is 9.78 Å². The van der Waals surface area contributed by atoms with E-state index in [1.807, 2.05) is 36.4 Å². The third-order valence-corrected chi connectivity index (χ3v) is 4.19. The molecular formula is C17H16IrNO3P. The molecule has 0 aliphatic rings. The number of carbonyl (C=O) groups is 1. The molecule has 0 saturated carbocycles. The first-order valence-corrected chi connectivity index (χ1v) is 8.43. The quantitative estimate of drug-likeness (QED) is 0.280. The number of aliphatic hydroxyl groups excluding tert-OH is 1. The van der Waals surface area contributed by atoms with E-state index >= 15 is 0 Å². The first kappa shape index (κ1) is 19.4. The number of benzene rings is 1. The van der Waals surface area contributed by atoms with E-state index in [0.29, 0.717) is 5.69 Å². The van der Waals surface area contributed by atoms with Gasteiger partial charge in [-0.25, -0.2) is 0 Å². The Balaban J connectivity index is 0.00000264. The van der Waals surface area contributed by atoms with E-state index in [1.165, 1.54) is 6.92 Å². The predicted molar refractivity (Wildman–Crippen MR) is 86.1 cm³/mol. The van der Waals surface area contributed by atoms with Crippen molar-refractivity contribution in [3.8, 4) is 11.3 Å². The molecule has 0 bridgehead atoms. The molecule has 1 atom stereocenters. The molecule has 1 aromatic heterocycles. The fourth-order valence-electron chi connectivity index (χ4n) is 1.97. The average molecular weight is 506 g/mol. The van der Waals surface area contributed by atoms with E-state index in [1.54, 1.807) is 6.07 Å². The molecule has 4 nitrogen and oxygen atoms in total. The minimum absolute atomic E-state index is 0. The zero-order valence-electron chi connectivity index (χ0n) is 12.5. The fraction of sp³-hybridized carbons (Fsp3) is 0.176. The number of aromatic nitrogens is 1. The second-order valence-electron chi connectivity index (χ2n) is 4.83. The number of hydrogen-bond donors (Lipinski definition) is 1. The molecule has 2 rings (SSSR count). The number of rotatable bonds is 6. The Morgan fingerprint density at radius 3 is 2.74 bits per heavy atom. The minimum Gasteiger partial charge on any atom is -0.508 e. The zero-order valence-corrected chi connectivity index (χ0v) is 15.8. The fourth-order valence-corrected chi connectivity index (χ4v) is 3.07. The van der Waals surface area contributed by atoms with E-state index in [2.05, 4.69) is 11.1 Å². The molecule has 23 heavy (non-hydrogen) atoms. The molecular weight excluding hydrogens is 489 g/mol. The van der Waals surface area contributed by atoms with Crippen molar-refractivity contribution in [1.29, 1.82) is 0 Å². The van der Waals surface area contributed by atoms with E-state index in [4.69, 9.17) is 0 Å². The molecule has 6 heteroatoms. The van der Waals surface area contributed by atoms with Crippen LogP contribution in [0.2, 0.25) is 0 Å². The van der Waals surface area contributed by atoms with Crippen LogP contribution < -0.4 is 0 Å². The molecule has 1 N–H and O–H groups in total. The summed E-state index contributed by atoms with van der Waals surface area (Å²) in [6, 6.07) is 16.1. The maximum Gasteiger partial charge on any atom is 0.352 e. The molecule has 0 amide bonds. The number of pyridine rings is 1. The van der Waals surface area contributed by atoms with Gasteiger partial charge in [0.15, 0.2) is 11.9 Å². The SMILES string of the molecule is CC(=O)C=C(O)C[P+](=O)Cc1cccc(-c2[c-]cccc2)n1.[Ir]. The van der Waals surface area contributed by atoms with Crippen LogP contribution in [0.15, 0.2) is 54.3 Å². The van der Waals surface area contributed by atoms with Gasteiger partial charge in [-0.1, -0.05) is 16.7 Å². The van der Waals surface area contributed by atoms with E-state index < -0.39 is 7.80 Å². The molecule has 1 unspecified atom stereocenters. The molecule has 2 aromatic rings. The summed E-state index contributed by atoms with van der Waals surface area (Å²) in [5, 5.41) is 9.53. The number of nitrogens with zero attached hydrogens (tertiary/aromatic N) is 1. The van der Waals surface area contributed by atoms with Crippen LogP contribution in [0.3, 0.4) is 0 Å². The first-order valence-electron chi connectivity index (χ1n) is 6.80. The molecule has 121 valence electrons. The monoisotopic (exact) mass is 506 g/mol. The zero-order chi connectivity index (χ0) is 15.9. The first-order chi connectivity index (χ1) is 10.5. The smallest absolute Gasteiger partial charge is 0.352 e. The Morgan fingerprint density at radius 1 is 1.30 bits per heavy atom. The number of ketones is 1. The van der Waals surface area contributed by atoms with Crippen LogP contribution >= 0.6 is 7.80 Å². The second kappa shape index (κ2) is 9.46. The number of carbonyl (C=O) groups excluding carboxylic acids is 1. The van der Waals surface area contributed by atoms with Crippen molar-refractivity contribution in [3.63, 3.8) is 0 Å². The molecule has 0 aliphatic carbocycles. The second-order valence-corrected chi connectivity index (χ2v) is 6.43. The molecule has 0 saturated heterocycles. The number of allylic oxidation sites excluding steroid dienone is 2. The van der Waals surface area contributed by atoms with Gasteiger partial charge in [0.1, 0.15) is 5.76 Å². The Kier molecular flexibility index (Phi) is 7.97. The normalized spacial score (nSPS) is 11.5. The summed E-state index contributed by atoms with van der Waals surface area (Å²) in [4.78, 5) is 15.3. The minimum atomic E-state index is -1.70. The molecule has 0 spiro atoms. The van der Waals surface area contributed by atoms with E-state index in [0.717, 1.165) is 17.3 Å². The molecule has 1 aromatic carbocycles. The van der Waals surface area contributed by atoms with Crippen molar-refractivity contribution >= 4 is 13.6 Å². The van der Waals surface area contributed by atoms with E-state index in [-0.39, 0.29) is 44.0 Å². The number of hydrogen-bond acceptors (Lipinski definition) is 4. The van der Waals surface area contributed by atoms with Crippen molar-refractivity contribution < 1.29 is 34.6 Å². The average Bonchev–Trinajstić information content (AvgIpc) is 2.47. The van der Waals surface area contributed by atoms with Gasteiger partial charge in [0.25, 0.3) is 0 Å². The van der Waals surface area contributed by atoms with Crippen molar-refractivity contribution in [1.82, 2.24) is 4.98 Å². The third kappa shape index (κ3) is 6.53. The van der Waals surface area contributed by atoms with Crippen molar-refractivity contribution in [2.24, 2.45) is 0 Å². The summed E-state index contributed by atoms with van der Waals surface area (Å²) in [5.41, 5.74) is 2.33. The maximum atomic E-state index is 12.0. The largest absolute Gasteiger partial charge is 0.508 e.